The molecule has 0 spiro atoms. The van der Waals surface area contributed by atoms with Crippen LogP contribution in [-0.2, 0) is 4.74 Å². The van der Waals surface area contributed by atoms with Gasteiger partial charge in [0.25, 0.3) is 0 Å². The van der Waals surface area contributed by atoms with Gasteiger partial charge in [0.05, 0.1) is 12.2 Å². The highest BCUT2D eigenvalue weighted by molar-refractivity contribution is 4.91. The number of rotatable bonds is 4. The van der Waals surface area contributed by atoms with Crippen LogP contribution in [0.4, 0.5) is 0 Å². The Bertz CT molecular complexity index is 291. The molecule has 3 nitrogen and oxygen atoms in total. The van der Waals surface area contributed by atoms with Gasteiger partial charge in [0, 0.05) is 18.1 Å². The minimum atomic E-state index is 0.359. The first kappa shape index (κ1) is 14.8. The molecule has 0 amide bonds. The first-order valence-corrected chi connectivity index (χ1v) is 9.00. The predicted molar refractivity (Wildman–Crippen MR) is 82.8 cm³/mol. The summed E-state index contributed by atoms with van der Waals surface area (Å²) in [5.74, 6) is 0. The van der Waals surface area contributed by atoms with E-state index in [2.05, 4.69) is 5.32 Å². The third kappa shape index (κ3) is 3.75. The molecule has 20 heavy (non-hydrogen) atoms. The normalized spacial score (nSPS) is 40.0. The van der Waals surface area contributed by atoms with Crippen molar-refractivity contribution in [3.05, 3.63) is 0 Å². The highest BCUT2D eigenvalue weighted by atomic mass is 16.5. The molecule has 0 aromatic carbocycles. The van der Waals surface area contributed by atoms with E-state index in [-0.39, 0.29) is 0 Å². The Morgan fingerprint density at radius 2 is 1.30 bits per heavy atom. The van der Waals surface area contributed by atoms with Crippen molar-refractivity contribution in [3.8, 4) is 0 Å². The van der Waals surface area contributed by atoms with Crippen LogP contribution in [0.5, 0.6) is 0 Å². The molecule has 3 saturated carbocycles. The third-order valence-electron chi connectivity index (χ3n) is 5.62. The summed E-state index contributed by atoms with van der Waals surface area (Å²) in [6, 6.07) is 1.44. The van der Waals surface area contributed by atoms with Crippen molar-refractivity contribution in [2.45, 2.75) is 107 Å². The van der Waals surface area contributed by atoms with Crippen LogP contribution in [0.3, 0.4) is 0 Å². The van der Waals surface area contributed by atoms with Crippen LogP contribution in [0, 0.1) is 0 Å². The fourth-order valence-electron chi connectivity index (χ4n) is 4.36. The lowest BCUT2D eigenvalue weighted by molar-refractivity contribution is -0.0465. The van der Waals surface area contributed by atoms with E-state index in [1.165, 1.54) is 77.0 Å². The molecule has 0 aromatic heterocycles. The second-order valence-corrected chi connectivity index (χ2v) is 7.19. The van der Waals surface area contributed by atoms with Crippen LogP contribution in [0.25, 0.3) is 0 Å². The van der Waals surface area contributed by atoms with Crippen molar-refractivity contribution in [3.63, 3.8) is 0 Å². The highest BCUT2D eigenvalue weighted by Crippen LogP contribution is 2.29. The maximum Gasteiger partial charge on any atom is 0.0731 e. The topological polar surface area (TPSA) is 47.3 Å². The average Bonchev–Trinajstić information content (AvgIpc) is 2.96. The molecule has 0 aromatic rings. The van der Waals surface area contributed by atoms with Crippen molar-refractivity contribution >= 4 is 0 Å². The van der Waals surface area contributed by atoms with E-state index in [9.17, 15) is 0 Å². The maximum atomic E-state index is 6.44. The molecule has 3 heteroatoms. The molecule has 116 valence electrons. The van der Waals surface area contributed by atoms with Crippen LogP contribution in [0.15, 0.2) is 0 Å². The number of hydrogen-bond donors (Lipinski definition) is 2. The van der Waals surface area contributed by atoms with Crippen LogP contribution in [0.1, 0.15) is 77.0 Å². The summed E-state index contributed by atoms with van der Waals surface area (Å²) >= 11 is 0. The summed E-state index contributed by atoms with van der Waals surface area (Å²) in [5.41, 5.74) is 6.30. The first-order chi connectivity index (χ1) is 9.83. The predicted octanol–water partition coefficient (Wildman–Crippen LogP) is 3.12. The SMILES string of the molecule is N[C@@H]1CCCC[C@@H]1N[C@H]1CCCC[C@@H]1OC1CCCC1. The second-order valence-electron chi connectivity index (χ2n) is 7.19. The lowest BCUT2D eigenvalue weighted by atomic mass is 9.87. The van der Waals surface area contributed by atoms with Crippen LogP contribution in [-0.4, -0.2) is 30.3 Å². The lowest BCUT2D eigenvalue weighted by Crippen LogP contribution is -2.55. The molecule has 0 heterocycles. The average molecular weight is 280 g/mol. The maximum absolute atomic E-state index is 6.44. The number of hydrogen-bond acceptors (Lipinski definition) is 3. The monoisotopic (exact) mass is 280 g/mol. The van der Waals surface area contributed by atoms with Crippen molar-refractivity contribution in [1.29, 1.82) is 0 Å². The Kier molecular flexibility index (Phi) is 5.36. The first-order valence-electron chi connectivity index (χ1n) is 9.00. The van der Waals surface area contributed by atoms with Crippen LogP contribution in [0.2, 0.25) is 0 Å². The van der Waals surface area contributed by atoms with E-state index in [1.807, 2.05) is 0 Å². The second kappa shape index (κ2) is 7.24. The number of nitrogens with two attached hydrogens (primary N) is 1. The summed E-state index contributed by atoms with van der Waals surface area (Å²) in [7, 11) is 0. The molecule has 3 aliphatic rings. The number of nitrogens with one attached hydrogen (secondary N) is 1. The smallest absolute Gasteiger partial charge is 0.0731 e. The van der Waals surface area contributed by atoms with Gasteiger partial charge in [-0.3, -0.25) is 0 Å². The quantitative estimate of drug-likeness (QED) is 0.832. The van der Waals surface area contributed by atoms with E-state index in [4.69, 9.17) is 10.5 Å². The van der Waals surface area contributed by atoms with Gasteiger partial charge in [-0.1, -0.05) is 38.5 Å². The highest BCUT2D eigenvalue weighted by Gasteiger charge is 2.32. The van der Waals surface area contributed by atoms with Gasteiger partial charge >= 0.3 is 0 Å². The number of ether oxygens (including phenoxy) is 1. The molecule has 3 N–H and O–H groups in total. The van der Waals surface area contributed by atoms with Crippen LogP contribution >= 0.6 is 0 Å². The standard InChI is InChI=1S/C17H32N2O/c18-14-9-3-4-10-15(14)19-16-11-5-6-12-17(16)20-13-7-1-2-8-13/h13-17,19H,1-12,18H2/t14-,15+,16+,17+/m1/s1. The molecular formula is C17H32N2O. The van der Waals surface area contributed by atoms with Crippen LogP contribution < -0.4 is 11.1 Å². The Balaban J connectivity index is 1.53. The zero-order valence-electron chi connectivity index (χ0n) is 12.9. The van der Waals surface area contributed by atoms with Gasteiger partial charge in [-0.15, -0.1) is 0 Å². The van der Waals surface area contributed by atoms with E-state index < -0.39 is 0 Å². The summed E-state index contributed by atoms with van der Waals surface area (Å²) in [6.07, 6.45) is 16.6. The van der Waals surface area contributed by atoms with E-state index in [0.29, 0.717) is 30.3 Å². The molecule has 4 atom stereocenters. The molecule has 3 fully saturated rings. The van der Waals surface area contributed by atoms with Gasteiger partial charge in [-0.2, -0.15) is 0 Å². The minimum absolute atomic E-state index is 0.359. The molecule has 3 aliphatic carbocycles. The van der Waals surface area contributed by atoms with Gasteiger partial charge in [0.2, 0.25) is 0 Å². The van der Waals surface area contributed by atoms with Gasteiger partial charge < -0.3 is 15.8 Å². The van der Waals surface area contributed by atoms with Crippen molar-refractivity contribution in [1.82, 2.24) is 5.32 Å². The Labute approximate surface area is 124 Å². The molecule has 0 bridgehead atoms. The largest absolute Gasteiger partial charge is 0.373 e. The molecule has 0 aliphatic heterocycles. The Morgan fingerprint density at radius 3 is 2.05 bits per heavy atom. The van der Waals surface area contributed by atoms with E-state index in [0.717, 1.165) is 0 Å². The van der Waals surface area contributed by atoms with Crippen molar-refractivity contribution in [2.75, 3.05) is 0 Å². The third-order valence-corrected chi connectivity index (χ3v) is 5.62. The summed E-state index contributed by atoms with van der Waals surface area (Å²) < 4.78 is 6.44. The van der Waals surface area contributed by atoms with Gasteiger partial charge in [0.1, 0.15) is 0 Å². The van der Waals surface area contributed by atoms with Crippen molar-refractivity contribution < 1.29 is 4.74 Å². The molecule has 0 unspecified atom stereocenters. The fraction of sp³-hybridized carbons (Fsp3) is 1.00. The summed E-state index contributed by atoms with van der Waals surface area (Å²) in [4.78, 5) is 0. The molecular weight excluding hydrogens is 248 g/mol. The Hall–Kier alpha value is -0.120. The summed E-state index contributed by atoms with van der Waals surface area (Å²) in [6.45, 7) is 0. The molecule has 3 rings (SSSR count). The Morgan fingerprint density at radius 1 is 0.700 bits per heavy atom. The van der Waals surface area contributed by atoms with Gasteiger partial charge in [-0.25, -0.2) is 0 Å². The van der Waals surface area contributed by atoms with E-state index >= 15 is 0 Å². The molecule has 0 saturated heterocycles. The zero-order valence-corrected chi connectivity index (χ0v) is 12.9. The molecule has 0 radical (unpaired) electrons. The zero-order chi connectivity index (χ0) is 13.8. The lowest BCUT2D eigenvalue weighted by Gasteiger charge is -2.39. The fourth-order valence-corrected chi connectivity index (χ4v) is 4.36. The van der Waals surface area contributed by atoms with E-state index in [1.54, 1.807) is 0 Å². The summed E-state index contributed by atoms with van der Waals surface area (Å²) in [5, 5.41) is 3.88. The van der Waals surface area contributed by atoms with Gasteiger partial charge in [-0.05, 0) is 38.5 Å². The van der Waals surface area contributed by atoms with Gasteiger partial charge in [0.15, 0.2) is 0 Å². The van der Waals surface area contributed by atoms with Crippen molar-refractivity contribution in [2.24, 2.45) is 5.73 Å². The minimum Gasteiger partial charge on any atom is -0.373 e.